The molecule has 3 aliphatic heterocycles. The Hall–Kier alpha value is -4.47. The summed E-state index contributed by atoms with van der Waals surface area (Å²) in [5, 5.41) is 14.9. The van der Waals surface area contributed by atoms with E-state index in [0.29, 0.717) is 25.3 Å². The smallest absolute Gasteiger partial charge is 0.269 e. The van der Waals surface area contributed by atoms with Gasteiger partial charge in [-0.05, 0) is 54.5 Å². The first-order valence-corrected chi connectivity index (χ1v) is 14.3. The van der Waals surface area contributed by atoms with Crippen molar-refractivity contribution in [3.8, 4) is 0 Å². The van der Waals surface area contributed by atoms with E-state index in [1.807, 2.05) is 47.0 Å². The van der Waals surface area contributed by atoms with Crippen LogP contribution < -0.4 is 15.8 Å². The highest BCUT2D eigenvalue weighted by Gasteiger charge is 2.49. The minimum Gasteiger partial charge on any atom is -0.366 e. The summed E-state index contributed by atoms with van der Waals surface area (Å²) in [6.07, 6.45) is 1.29. The molecule has 210 valence electrons. The van der Waals surface area contributed by atoms with Gasteiger partial charge in [-0.15, -0.1) is 0 Å². The topological polar surface area (TPSA) is 126 Å². The van der Waals surface area contributed by atoms with E-state index in [1.165, 1.54) is 0 Å². The summed E-state index contributed by atoms with van der Waals surface area (Å²) in [5.74, 6) is 0.471. The quantitative estimate of drug-likeness (QED) is 0.281. The third-order valence-electron chi connectivity index (χ3n) is 9.20. The van der Waals surface area contributed by atoms with Crippen LogP contribution in [-0.2, 0) is 17.8 Å². The summed E-state index contributed by atoms with van der Waals surface area (Å²) in [6, 6.07) is 17.8. The molecule has 0 aliphatic carbocycles. The first kappa shape index (κ1) is 25.5. The molecular weight excluding hydrogens is 520 g/mol. The lowest BCUT2D eigenvalue weighted by Gasteiger charge is -2.54. The molecule has 3 aliphatic rings. The van der Waals surface area contributed by atoms with Crippen molar-refractivity contribution >= 4 is 28.3 Å². The molecule has 0 spiro atoms. The van der Waals surface area contributed by atoms with Crippen molar-refractivity contribution in [1.29, 1.82) is 0 Å². The number of aromatic amines is 1. The number of hydrogen-bond acceptors (Lipinski definition) is 6. The number of H-pyrrole nitrogens is 1. The van der Waals surface area contributed by atoms with Gasteiger partial charge in [0.05, 0.1) is 27.9 Å². The van der Waals surface area contributed by atoms with Crippen LogP contribution in [0.3, 0.4) is 0 Å². The zero-order valence-electron chi connectivity index (χ0n) is 23.0. The lowest BCUT2D eigenvalue weighted by atomic mass is 9.70. The number of anilines is 1. The second kappa shape index (κ2) is 9.57. The lowest BCUT2D eigenvalue weighted by molar-refractivity contribution is -0.384. The number of nitro groups is 1. The Labute approximate surface area is 236 Å². The number of benzene rings is 2. The largest absolute Gasteiger partial charge is 0.366 e. The molecule has 0 radical (unpaired) electrons. The average molecular weight is 553 g/mol. The number of nitrogens with zero attached hydrogens (tertiary/aromatic N) is 4. The van der Waals surface area contributed by atoms with Crippen molar-refractivity contribution < 1.29 is 9.72 Å². The van der Waals surface area contributed by atoms with Crippen molar-refractivity contribution in [3.05, 3.63) is 98.2 Å². The highest BCUT2D eigenvalue weighted by atomic mass is 16.6. The fourth-order valence-electron chi connectivity index (χ4n) is 7.38. The number of fused-ring (bicyclic) bond motifs is 9. The van der Waals surface area contributed by atoms with Crippen molar-refractivity contribution in [3.63, 3.8) is 0 Å². The molecule has 1 saturated heterocycles. The summed E-state index contributed by atoms with van der Waals surface area (Å²) in [4.78, 5) is 48.8. The zero-order chi connectivity index (χ0) is 28.4. The van der Waals surface area contributed by atoms with Gasteiger partial charge in [0.2, 0.25) is 5.91 Å². The normalized spacial score (nSPS) is 23.4. The van der Waals surface area contributed by atoms with Crippen LogP contribution in [-0.4, -0.2) is 38.0 Å². The molecule has 2 N–H and O–H groups in total. The van der Waals surface area contributed by atoms with Crippen LogP contribution in [0.4, 0.5) is 11.4 Å². The van der Waals surface area contributed by atoms with Crippen LogP contribution in [0.5, 0.6) is 0 Å². The van der Waals surface area contributed by atoms with Crippen molar-refractivity contribution in [1.82, 2.24) is 19.9 Å². The Morgan fingerprint density at radius 3 is 2.73 bits per heavy atom. The molecule has 1 fully saturated rings. The number of para-hydroxylation sites is 2. The number of carbonyl (C=O) groups is 1. The number of aromatic nitrogens is 3. The Kier molecular flexibility index (Phi) is 5.95. The molecule has 2 aromatic heterocycles. The van der Waals surface area contributed by atoms with E-state index in [4.69, 9.17) is 4.98 Å². The van der Waals surface area contributed by atoms with E-state index >= 15 is 0 Å². The highest BCUT2D eigenvalue weighted by Crippen LogP contribution is 2.48. The van der Waals surface area contributed by atoms with Gasteiger partial charge in [-0.2, -0.15) is 0 Å². The third-order valence-corrected chi connectivity index (χ3v) is 9.20. The number of amides is 1. The minimum absolute atomic E-state index is 0.0109. The van der Waals surface area contributed by atoms with Gasteiger partial charge in [-0.25, -0.2) is 4.98 Å². The second-order valence-corrected chi connectivity index (χ2v) is 12.0. The predicted octanol–water partition coefficient (Wildman–Crippen LogP) is 4.31. The molecule has 5 atom stereocenters. The molecule has 7 rings (SSSR count). The first-order valence-electron chi connectivity index (χ1n) is 14.3. The van der Waals surface area contributed by atoms with Crippen LogP contribution in [0.1, 0.15) is 49.3 Å². The molecule has 2 aromatic carbocycles. The van der Waals surface area contributed by atoms with E-state index < -0.39 is 5.92 Å². The highest BCUT2D eigenvalue weighted by molar-refractivity contribution is 5.83. The van der Waals surface area contributed by atoms with E-state index in [9.17, 15) is 19.7 Å². The van der Waals surface area contributed by atoms with Crippen molar-refractivity contribution in [2.75, 3.05) is 11.4 Å². The molecule has 2 bridgehead atoms. The lowest BCUT2D eigenvalue weighted by Crippen LogP contribution is -2.61. The van der Waals surface area contributed by atoms with E-state index in [2.05, 4.69) is 29.0 Å². The van der Waals surface area contributed by atoms with E-state index in [1.54, 1.807) is 18.2 Å². The molecule has 5 heterocycles. The summed E-state index contributed by atoms with van der Waals surface area (Å²) >= 11 is 0. The van der Waals surface area contributed by atoms with Crippen LogP contribution >= 0.6 is 0 Å². The van der Waals surface area contributed by atoms with E-state index in [-0.39, 0.29) is 51.9 Å². The number of hydrogen-bond donors (Lipinski definition) is 2. The number of non-ortho nitro benzene ring substituents is 1. The molecule has 4 aromatic rings. The molecule has 1 amide bonds. The standard InChI is InChI=1S/C31H32N6O4/c1-17(2)28(30-32-23-6-3-4-7-24(23)33-30)34-31(39)22-14-18-13-21(37(40)41)10-11-26(18)36-15-19-12-20(29(22)36)16-35-25(19)8-5-9-27(35)38/h3-11,13,17,19-20,22,28-29H,12,14-16H2,1-2H3,(H,32,33)(H,34,39). The van der Waals surface area contributed by atoms with Gasteiger partial charge in [0.1, 0.15) is 5.82 Å². The van der Waals surface area contributed by atoms with Gasteiger partial charge in [0.15, 0.2) is 0 Å². The molecule has 0 saturated carbocycles. The van der Waals surface area contributed by atoms with Gasteiger partial charge in [-0.3, -0.25) is 19.7 Å². The molecule has 10 nitrogen and oxygen atoms in total. The number of rotatable bonds is 5. The zero-order valence-corrected chi connectivity index (χ0v) is 23.0. The monoisotopic (exact) mass is 552 g/mol. The molecular formula is C31H32N6O4. The molecule has 10 heteroatoms. The Morgan fingerprint density at radius 1 is 1.12 bits per heavy atom. The Morgan fingerprint density at radius 2 is 1.95 bits per heavy atom. The Balaban J connectivity index is 1.28. The third kappa shape index (κ3) is 4.20. The van der Waals surface area contributed by atoms with Crippen LogP contribution in [0.25, 0.3) is 11.0 Å². The van der Waals surface area contributed by atoms with E-state index in [0.717, 1.165) is 34.4 Å². The SMILES string of the molecule is CC(C)C(NC(=O)C1Cc2cc([N+](=O)[O-])ccc2N2CC3CC(Cn4c3cccc4=O)C12)c1nc2ccccc2[nH]1. The number of piperidine rings is 1. The summed E-state index contributed by atoms with van der Waals surface area (Å²) in [6.45, 7) is 5.31. The fraction of sp³-hybridized carbons (Fsp3) is 0.387. The minimum atomic E-state index is -0.443. The van der Waals surface area contributed by atoms with Crippen molar-refractivity contribution in [2.24, 2.45) is 17.8 Å². The molecule has 5 unspecified atom stereocenters. The summed E-state index contributed by atoms with van der Waals surface area (Å²) < 4.78 is 1.88. The summed E-state index contributed by atoms with van der Waals surface area (Å²) in [5.41, 5.74) is 4.55. The number of pyridine rings is 1. The van der Waals surface area contributed by atoms with Gasteiger partial charge in [0.25, 0.3) is 11.2 Å². The fourth-order valence-corrected chi connectivity index (χ4v) is 7.38. The molecule has 41 heavy (non-hydrogen) atoms. The van der Waals surface area contributed by atoms with Crippen LogP contribution in [0, 0.1) is 27.9 Å². The number of nitro benzene ring substituents is 1. The van der Waals surface area contributed by atoms with Crippen LogP contribution in [0.2, 0.25) is 0 Å². The number of carbonyl (C=O) groups excluding carboxylic acids is 1. The maximum atomic E-state index is 14.3. The summed E-state index contributed by atoms with van der Waals surface area (Å²) in [7, 11) is 0. The van der Waals surface area contributed by atoms with Gasteiger partial charge >= 0.3 is 0 Å². The van der Waals surface area contributed by atoms with Crippen molar-refractivity contribution in [2.45, 2.75) is 51.2 Å². The number of nitrogens with one attached hydrogen (secondary N) is 2. The van der Waals surface area contributed by atoms with Gasteiger partial charge in [-0.1, -0.05) is 32.0 Å². The second-order valence-electron chi connectivity index (χ2n) is 12.0. The predicted molar refractivity (Wildman–Crippen MR) is 155 cm³/mol. The Bertz CT molecular complexity index is 1710. The maximum absolute atomic E-state index is 14.3. The van der Waals surface area contributed by atoms with Gasteiger partial charge < -0.3 is 19.8 Å². The first-order chi connectivity index (χ1) is 19.8. The maximum Gasteiger partial charge on any atom is 0.269 e. The average Bonchev–Trinajstić information content (AvgIpc) is 3.39. The number of imidazole rings is 1. The van der Waals surface area contributed by atoms with Gasteiger partial charge in [0, 0.05) is 54.6 Å². The van der Waals surface area contributed by atoms with Crippen LogP contribution in [0.15, 0.2) is 65.5 Å².